The summed E-state index contributed by atoms with van der Waals surface area (Å²) in [6.45, 7) is 0.509. The lowest BCUT2D eigenvalue weighted by molar-refractivity contribution is 0.219. The van der Waals surface area contributed by atoms with Gasteiger partial charge in [-0.05, 0) is 28.9 Å². The highest BCUT2D eigenvalue weighted by molar-refractivity contribution is 7.80. The molecule has 1 atom stereocenters. The topological polar surface area (TPSA) is 58.3 Å². The molecule has 0 fully saturated rings. The Morgan fingerprint density at radius 1 is 1.11 bits per heavy atom. The number of rotatable bonds is 4. The Hall–Kier alpha value is -1.91. The molecule has 2 aromatic carbocycles. The van der Waals surface area contributed by atoms with Gasteiger partial charge in [-0.15, -0.1) is 0 Å². The Morgan fingerprint density at radius 2 is 1.74 bits per heavy atom. The van der Waals surface area contributed by atoms with Crippen molar-refractivity contribution < 1.29 is 5.11 Å². The van der Waals surface area contributed by atoms with Gasteiger partial charge in [0.05, 0.1) is 0 Å². The summed E-state index contributed by atoms with van der Waals surface area (Å²) in [6, 6.07) is 17.3. The zero-order valence-corrected chi connectivity index (χ0v) is 11.2. The fourth-order valence-electron chi connectivity index (χ4n) is 1.96. The lowest BCUT2D eigenvalue weighted by Crippen LogP contribution is -2.28. The van der Waals surface area contributed by atoms with Gasteiger partial charge in [-0.3, -0.25) is 0 Å². The minimum absolute atomic E-state index is 0.254. The number of hydrogen-bond acceptors (Lipinski definition) is 2. The van der Waals surface area contributed by atoms with Crippen molar-refractivity contribution in [2.75, 3.05) is 0 Å². The molecular formula is C15H16N2OS. The maximum Gasteiger partial charge on any atom is 0.163 e. The molecule has 2 rings (SSSR count). The largest absolute Gasteiger partial charge is 0.384 e. The van der Waals surface area contributed by atoms with E-state index in [1.807, 2.05) is 54.6 Å². The lowest BCUT2D eigenvalue weighted by Gasteiger charge is -2.16. The highest BCUT2D eigenvalue weighted by Gasteiger charge is 2.13. The molecular weight excluding hydrogens is 256 g/mol. The van der Waals surface area contributed by atoms with Crippen molar-refractivity contribution in [3.63, 3.8) is 0 Å². The van der Waals surface area contributed by atoms with E-state index in [1.165, 1.54) is 0 Å². The lowest BCUT2D eigenvalue weighted by atomic mass is 9.97. The van der Waals surface area contributed by atoms with Crippen molar-refractivity contribution in [1.82, 2.24) is 5.32 Å². The molecule has 0 aliphatic carbocycles. The van der Waals surface area contributed by atoms with Crippen LogP contribution in [0.5, 0.6) is 0 Å². The zero-order chi connectivity index (χ0) is 13.7. The standard InChI is InChI=1S/C15H16N2OS/c16-15(19)17-10-12-8-4-5-9-13(12)14(18)11-6-2-1-3-7-11/h1-9,14,18H,10H2,(H3,16,17,19). The van der Waals surface area contributed by atoms with Crippen LogP contribution in [0.25, 0.3) is 0 Å². The minimum Gasteiger partial charge on any atom is -0.384 e. The maximum atomic E-state index is 10.4. The van der Waals surface area contributed by atoms with E-state index in [4.69, 9.17) is 18.0 Å². The average molecular weight is 272 g/mol. The van der Waals surface area contributed by atoms with Gasteiger partial charge < -0.3 is 16.2 Å². The van der Waals surface area contributed by atoms with Crippen molar-refractivity contribution in [2.24, 2.45) is 5.73 Å². The van der Waals surface area contributed by atoms with E-state index < -0.39 is 6.10 Å². The molecule has 19 heavy (non-hydrogen) atoms. The van der Waals surface area contributed by atoms with Crippen molar-refractivity contribution in [2.45, 2.75) is 12.6 Å². The van der Waals surface area contributed by atoms with Crippen LogP contribution >= 0.6 is 12.2 Å². The smallest absolute Gasteiger partial charge is 0.163 e. The summed E-state index contributed by atoms with van der Waals surface area (Å²) in [5.74, 6) is 0. The average Bonchev–Trinajstić information content (AvgIpc) is 2.45. The molecule has 0 aromatic heterocycles. The quantitative estimate of drug-likeness (QED) is 0.746. The number of nitrogens with one attached hydrogen (secondary N) is 1. The van der Waals surface area contributed by atoms with Gasteiger partial charge in [0, 0.05) is 6.54 Å². The van der Waals surface area contributed by atoms with E-state index >= 15 is 0 Å². The van der Waals surface area contributed by atoms with Gasteiger partial charge in [0.25, 0.3) is 0 Å². The molecule has 0 aliphatic heterocycles. The Bertz CT molecular complexity index is 557. The van der Waals surface area contributed by atoms with Crippen LogP contribution in [0.3, 0.4) is 0 Å². The van der Waals surface area contributed by atoms with Crippen LogP contribution in [0.4, 0.5) is 0 Å². The molecule has 0 heterocycles. The molecule has 0 saturated heterocycles. The van der Waals surface area contributed by atoms with Gasteiger partial charge in [-0.25, -0.2) is 0 Å². The molecule has 3 nitrogen and oxygen atoms in total. The number of hydrogen-bond donors (Lipinski definition) is 3. The molecule has 1 unspecified atom stereocenters. The van der Waals surface area contributed by atoms with Gasteiger partial charge >= 0.3 is 0 Å². The summed E-state index contributed by atoms with van der Waals surface area (Å²) < 4.78 is 0. The first-order chi connectivity index (χ1) is 9.18. The van der Waals surface area contributed by atoms with E-state index in [9.17, 15) is 5.11 Å². The van der Waals surface area contributed by atoms with Crippen LogP contribution in [-0.2, 0) is 6.54 Å². The predicted octanol–water partition coefficient (Wildman–Crippen LogP) is 2.10. The first kappa shape index (κ1) is 13.5. The second kappa shape index (κ2) is 6.31. The van der Waals surface area contributed by atoms with Crippen molar-refractivity contribution >= 4 is 17.3 Å². The molecule has 4 heteroatoms. The van der Waals surface area contributed by atoms with Crippen LogP contribution < -0.4 is 11.1 Å². The third-order valence-electron chi connectivity index (χ3n) is 2.92. The molecule has 98 valence electrons. The van der Waals surface area contributed by atoms with Gasteiger partial charge in [-0.2, -0.15) is 0 Å². The maximum absolute atomic E-state index is 10.4. The SMILES string of the molecule is NC(=S)NCc1ccccc1C(O)c1ccccc1. The fraction of sp³-hybridized carbons (Fsp3) is 0.133. The number of thiocarbonyl (C=S) groups is 1. The summed E-state index contributed by atoms with van der Waals surface area (Å²) in [6.07, 6.45) is -0.648. The van der Waals surface area contributed by atoms with Crippen LogP contribution in [0.15, 0.2) is 54.6 Å². The number of aliphatic hydroxyl groups excluding tert-OH is 1. The fourth-order valence-corrected chi connectivity index (χ4v) is 2.03. The van der Waals surface area contributed by atoms with E-state index in [1.54, 1.807) is 0 Å². The molecule has 0 aliphatic rings. The second-order valence-electron chi connectivity index (χ2n) is 4.23. The molecule has 2 aromatic rings. The van der Waals surface area contributed by atoms with Crippen LogP contribution in [0.1, 0.15) is 22.8 Å². The van der Waals surface area contributed by atoms with E-state index in [0.717, 1.165) is 16.7 Å². The summed E-state index contributed by atoms with van der Waals surface area (Å²) in [7, 11) is 0. The minimum atomic E-state index is -0.648. The van der Waals surface area contributed by atoms with Gasteiger partial charge in [0.2, 0.25) is 0 Å². The Morgan fingerprint density at radius 3 is 2.42 bits per heavy atom. The van der Waals surface area contributed by atoms with E-state index in [-0.39, 0.29) is 5.11 Å². The highest BCUT2D eigenvalue weighted by atomic mass is 32.1. The van der Waals surface area contributed by atoms with Crippen molar-refractivity contribution in [3.8, 4) is 0 Å². The Labute approximate surface area is 118 Å². The molecule has 0 saturated carbocycles. The van der Waals surface area contributed by atoms with Crippen molar-refractivity contribution in [3.05, 3.63) is 71.3 Å². The van der Waals surface area contributed by atoms with E-state index in [0.29, 0.717) is 6.54 Å². The monoisotopic (exact) mass is 272 g/mol. The van der Waals surface area contributed by atoms with Crippen LogP contribution in [-0.4, -0.2) is 10.2 Å². The van der Waals surface area contributed by atoms with Gasteiger partial charge in [-0.1, -0.05) is 54.6 Å². The predicted molar refractivity (Wildman–Crippen MR) is 80.6 cm³/mol. The number of benzene rings is 2. The third kappa shape index (κ3) is 3.53. The van der Waals surface area contributed by atoms with E-state index in [2.05, 4.69) is 5.32 Å². The normalized spacial score (nSPS) is 11.8. The van der Waals surface area contributed by atoms with Crippen LogP contribution in [0, 0.1) is 0 Å². The first-order valence-electron chi connectivity index (χ1n) is 6.02. The molecule has 0 radical (unpaired) electrons. The Kier molecular flexibility index (Phi) is 4.49. The number of nitrogens with two attached hydrogens (primary N) is 1. The third-order valence-corrected chi connectivity index (χ3v) is 3.06. The number of aliphatic hydroxyl groups is 1. The summed E-state index contributed by atoms with van der Waals surface area (Å²) >= 11 is 4.80. The summed E-state index contributed by atoms with van der Waals surface area (Å²) in [5, 5.41) is 13.6. The highest BCUT2D eigenvalue weighted by Crippen LogP contribution is 2.24. The van der Waals surface area contributed by atoms with Crippen LogP contribution in [0.2, 0.25) is 0 Å². The summed E-state index contributed by atoms with van der Waals surface area (Å²) in [5.41, 5.74) is 8.14. The molecule has 0 amide bonds. The van der Waals surface area contributed by atoms with Gasteiger partial charge in [0.15, 0.2) is 5.11 Å². The molecule has 0 spiro atoms. The Balaban J connectivity index is 2.26. The molecule has 0 bridgehead atoms. The summed E-state index contributed by atoms with van der Waals surface area (Å²) in [4.78, 5) is 0. The van der Waals surface area contributed by atoms with Gasteiger partial charge in [0.1, 0.15) is 6.10 Å². The van der Waals surface area contributed by atoms with Crippen molar-refractivity contribution in [1.29, 1.82) is 0 Å². The first-order valence-corrected chi connectivity index (χ1v) is 6.43. The zero-order valence-electron chi connectivity index (χ0n) is 10.4. The molecule has 4 N–H and O–H groups in total. The second-order valence-corrected chi connectivity index (χ2v) is 4.67.